The molecule has 0 heterocycles. The normalized spacial score (nSPS) is 11.7. The number of Topliss-reactive ketones (excluding diaryl/α,β-unsaturated/α-hetero) is 1. The molecule has 6 nitrogen and oxygen atoms in total. The zero-order valence-corrected chi connectivity index (χ0v) is 16.2. The third-order valence-electron chi connectivity index (χ3n) is 4.13. The molecule has 0 aliphatic heterocycles. The fraction of sp³-hybridized carbons (Fsp3) is 0.286. The van der Waals surface area contributed by atoms with E-state index < -0.39 is 47.9 Å². The Morgan fingerprint density at radius 1 is 1.03 bits per heavy atom. The van der Waals surface area contributed by atoms with E-state index in [1.54, 1.807) is 13.8 Å². The molecule has 0 saturated carbocycles. The number of ether oxygens (including phenoxy) is 2. The number of rotatable bonds is 8. The lowest BCUT2D eigenvalue weighted by molar-refractivity contribution is -0.145. The summed E-state index contributed by atoms with van der Waals surface area (Å²) in [4.78, 5) is 37.0. The summed E-state index contributed by atoms with van der Waals surface area (Å²) >= 11 is 0. The molecule has 2 rings (SSSR count). The van der Waals surface area contributed by atoms with E-state index in [9.17, 15) is 23.2 Å². The highest BCUT2D eigenvalue weighted by atomic mass is 19.1. The first kappa shape index (κ1) is 22.0. The molecular weight excluding hydrogens is 384 g/mol. The summed E-state index contributed by atoms with van der Waals surface area (Å²) in [6, 6.07) is 7.64. The predicted octanol–water partition coefficient (Wildman–Crippen LogP) is 3.15. The minimum Gasteiger partial charge on any atom is -0.496 e. The molecule has 154 valence electrons. The highest BCUT2D eigenvalue weighted by molar-refractivity contribution is 6.01. The number of carbonyl (C=O) groups excluding carboxylic acids is 3. The fourth-order valence-electron chi connectivity index (χ4n) is 2.56. The molecule has 1 amide bonds. The van der Waals surface area contributed by atoms with Crippen molar-refractivity contribution in [2.45, 2.75) is 19.9 Å². The van der Waals surface area contributed by atoms with Gasteiger partial charge in [-0.15, -0.1) is 0 Å². The van der Waals surface area contributed by atoms with E-state index in [1.807, 2.05) is 0 Å². The molecule has 0 spiro atoms. The first-order valence-corrected chi connectivity index (χ1v) is 8.83. The van der Waals surface area contributed by atoms with E-state index in [0.29, 0.717) is 0 Å². The summed E-state index contributed by atoms with van der Waals surface area (Å²) < 4.78 is 37.2. The van der Waals surface area contributed by atoms with Gasteiger partial charge in [-0.2, -0.15) is 0 Å². The highest BCUT2D eigenvalue weighted by Crippen LogP contribution is 2.20. The molecule has 0 aliphatic rings. The van der Waals surface area contributed by atoms with Gasteiger partial charge in [0.2, 0.25) is 5.78 Å². The number of amides is 1. The molecule has 0 aromatic heterocycles. The van der Waals surface area contributed by atoms with Gasteiger partial charge in [-0.1, -0.05) is 26.0 Å². The Morgan fingerprint density at radius 3 is 2.34 bits per heavy atom. The molecule has 0 saturated heterocycles. The molecule has 1 atom stereocenters. The quantitative estimate of drug-likeness (QED) is 0.539. The van der Waals surface area contributed by atoms with Crippen LogP contribution in [0.2, 0.25) is 0 Å². The number of ketones is 1. The molecule has 0 unspecified atom stereocenters. The SMILES string of the molecule is COc1ccc(F)cc1C(=O)COC(=O)[C@@H](NC(=O)c1ccccc1F)C(C)C. The monoisotopic (exact) mass is 405 g/mol. The number of hydrogen-bond donors (Lipinski definition) is 1. The Kier molecular flexibility index (Phi) is 7.41. The van der Waals surface area contributed by atoms with Crippen LogP contribution in [0.15, 0.2) is 42.5 Å². The summed E-state index contributed by atoms with van der Waals surface area (Å²) in [7, 11) is 1.32. The van der Waals surface area contributed by atoms with Crippen molar-refractivity contribution in [3.63, 3.8) is 0 Å². The van der Waals surface area contributed by atoms with Crippen LogP contribution in [0.25, 0.3) is 0 Å². The van der Waals surface area contributed by atoms with Crippen LogP contribution in [-0.2, 0) is 9.53 Å². The standard InChI is InChI=1S/C21H21F2NO5/c1-12(2)19(24-20(26)14-6-4-5-7-16(14)23)21(27)29-11-17(25)15-10-13(22)8-9-18(15)28-3/h4-10,12,19H,11H2,1-3H3,(H,24,26)/t19-/m0/s1. The van der Waals surface area contributed by atoms with Gasteiger partial charge < -0.3 is 14.8 Å². The summed E-state index contributed by atoms with van der Waals surface area (Å²) in [5.74, 6) is -3.94. The van der Waals surface area contributed by atoms with Crippen LogP contribution in [0, 0.1) is 17.6 Å². The predicted molar refractivity (Wildman–Crippen MR) is 101 cm³/mol. The van der Waals surface area contributed by atoms with Crippen LogP contribution >= 0.6 is 0 Å². The van der Waals surface area contributed by atoms with E-state index in [1.165, 1.54) is 31.4 Å². The van der Waals surface area contributed by atoms with Gasteiger partial charge >= 0.3 is 5.97 Å². The van der Waals surface area contributed by atoms with Gasteiger partial charge in [0.1, 0.15) is 23.4 Å². The van der Waals surface area contributed by atoms with Gasteiger partial charge in [-0.25, -0.2) is 13.6 Å². The lowest BCUT2D eigenvalue weighted by Crippen LogP contribution is -2.46. The lowest BCUT2D eigenvalue weighted by atomic mass is 10.0. The Bertz CT molecular complexity index is 914. The smallest absolute Gasteiger partial charge is 0.329 e. The number of esters is 1. The highest BCUT2D eigenvalue weighted by Gasteiger charge is 2.28. The number of benzene rings is 2. The largest absolute Gasteiger partial charge is 0.496 e. The zero-order chi connectivity index (χ0) is 21.6. The van der Waals surface area contributed by atoms with Gasteiger partial charge in [0.25, 0.3) is 5.91 Å². The number of halogens is 2. The van der Waals surface area contributed by atoms with Crippen LogP contribution in [0.4, 0.5) is 8.78 Å². The Labute approximate surface area is 166 Å². The second-order valence-corrected chi connectivity index (χ2v) is 6.55. The number of hydrogen-bond acceptors (Lipinski definition) is 5. The van der Waals surface area contributed by atoms with E-state index in [4.69, 9.17) is 9.47 Å². The first-order chi connectivity index (χ1) is 13.7. The number of methoxy groups -OCH3 is 1. The van der Waals surface area contributed by atoms with Crippen molar-refractivity contribution < 1.29 is 32.6 Å². The minimum absolute atomic E-state index is 0.0724. The molecule has 0 radical (unpaired) electrons. The average molecular weight is 405 g/mol. The summed E-state index contributed by atoms with van der Waals surface area (Å²) in [5, 5.41) is 2.42. The molecule has 0 fully saturated rings. The molecule has 2 aromatic rings. The summed E-state index contributed by atoms with van der Waals surface area (Å²) in [6.07, 6.45) is 0. The summed E-state index contributed by atoms with van der Waals surface area (Å²) in [6.45, 7) is 2.65. The van der Waals surface area contributed by atoms with Gasteiger partial charge in [0.15, 0.2) is 6.61 Å². The van der Waals surface area contributed by atoms with Gasteiger partial charge in [-0.3, -0.25) is 9.59 Å². The van der Waals surface area contributed by atoms with E-state index in [-0.39, 0.29) is 16.9 Å². The van der Waals surface area contributed by atoms with Crippen molar-refractivity contribution in [2.75, 3.05) is 13.7 Å². The second kappa shape index (κ2) is 9.77. The maximum atomic E-state index is 13.8. The molecule has 8 heteroatoms. The van der Waals surface area contributed by atoms with Crippen molar-refractivity contribution in [3.05, 3.63) is 65.2 Å². The first-order valence-electron chi connectivity index (χ1n) is 8.83. The van der Waals surface area contributed by atoms with Gasteiger partial charge in [-0.05, 0) is 36.2 Å². The molecule has 0 aliphatic carbocycles. The van der Waals surface area contributed by atoms with Crippen LogP contribution in [0.3, 0.4) is 0 Å². The van der Waals surface area contributed by atoms with Crippen molar-refractivity contribution >= 4 is 17.7 Å². The fourth-order valence-corrected chi connectivity index (χ4v) is 2.56. The van der Waals surface area contributed by atoms with Crippen molar-refractivity contribution in [1.29, 1.82) is 0 Å². The van der Waals surface area contributed by atoms with E-state index in [2.05, 4.69) is 5.32 Å². The topological polar surface area (TPSA) is 81.7 Å². The maximum absolute atomic E-state index is 13.8. The van der Waals surface area contributed by atoms with Crippen LogP contribution in [0.5, 0.6) is 5.75 Å². The summed E-state index contributed by atoms with van der Waals surface area (Å²) in [5.41, 5.74) is -0.289. The molecule has 0 bridgehead atoms. The van der Waals surface area contributed by atoms with Gasteiger partial charge in [0, 0.05) is 0 Å². The molecular formula is C21H21F2NO5. The minimum atomic E-state index is -1.11. The maximum Gasteiger partial charge on any atom is 0.329 e. The van der Waals surface area contributed by atoms with E-state index in [0.717, 1.165) is 18.2 Å². The number of nitrogens with one attached hydrogen (secondary N) is 1. The Hall–Kier alpha value is -3.29. The van der Waals surface area contributed by atoms with Crippen molar-refractivity contribution in [2.24, 2.45) is 5.92 Å². The molecule has 1 N–H and O–H groups in total. The van der Waals surface area contributed by atoms with Crippen molar-refractivity contribution in [1.82, 2.24) is 5.32 Å². The second-order valence-electron chi connectivity index (χ2n) is 6.55. The van der Waals surface area contributed by atoms with Crippen LogP contribution in [0.1, 0.15) is 34.6 Å². The van der Waals surface area contributed by atoms with Gasteiger partial charge in [0.05, 0.1) is 18.2 Å². The van der Waals surface area contributed by atoms with Crippen molar-refractivity contribution in [3.8, 4) is 5.75 Å². The zero-order valence-electron chi connectivity index (χ0n) is 16.2. The molecule has 29 heavy (non-hydrogen) atoms. The Morgan fingerprint density at radius 2 is 1.72 bits per heavy atom. The average Bonchev–Trinajstić information content (AvgIpc) is 2.69. The van der Waals surface area contributed by atoms with Crippen LogP contribution < -0.4 is 10.1 Å². The van der Waals surface area contributed by atoms with E-state index >= 15 is 0 Å². The molecule has 2 aromatic carbocycles. The third kappa shape index (κ3) is 5.60. The van der Waals surface area contributed by atoms with Crippen LogP contribution in [-0.4, -0.2) is 37.4 Å². The Balaban J connectivity index is 2.07. The third-order valence-corrected chi connectivity index (χ3v) is 4.13. The lowest BCUT2D eigenvalue weighted by Gasteiger charge is -2.21. The number of carbonyl (C=O) groups is 3.